The molecule has 8 nitrogen and oxygen atoms in total. The van der Waals surface area contributed by atoms with Gasteiger partial charge in [0.25, 0.3) is 0 Å². The molecular weight excluding hydrogens is 283 g/mol. The Balaban J connectivity index is 2.15. The molecule has 3 rings (SSSR count). The van der Waals surface area contributed by atoms with Gasteiger partial charge in [0, 0.05) is 5.56 Å². The molecule has 108 valence electrons. The second-order valence-electron chi connectivity index (χ2n) is 5.18. The van der Waals surface area contributed by atoms with Crippen LogP contribution in [0, 0.1) is 0 Å². The Kier molecular flexibility index (Phi) is 3.90. The molecule has 4 atom stereocenters. The van der Waals surface area contributed by atoms with Crippen molar-refractivity contribution in [2.75, 3.05) is 11.8 Å². The molecule has 3 heterocycles. The molecule has 1 aliphatic heterocycles. The molecule has 2 aromatic heterocycles. The van der Waals surface area contributed by atoms with E-state index in [9.17, 15) is 15.3 Å². The average molecular weight is 295 g/mol. The number of fused-ring (bicyclic) bond motifs is 1. The van der Waals surface area contributed by atoms with Crippen molar-refractivity contribution in [3.05, 3.63) is 18.1 Å². The highest BCUT2D eigenvalue weighted by atomic mass is 16.3. The summed E-state index contributed by atoms with van der Waals surface area (Å²) >= 11 is 0. The van der Waals surface area contributed by atoms with E-state index >= 15 is 0 Å². The molecule has 0 amide bonds. The molecule has 0 bridgehead atoms. The Morgan fingerprint density at radius 2 is 1.95 bits per heavy atom. The lowest BCUT2D eigenvalue weighted by atomic mass is 10.0. The van der Waals surface area contributed by atoms with E-state index in [0.717, 1.165) is 0 Å². The summed E-state index contributed by atoms with van der Waals surface area (Å²) in [5.41, 5.74) is 1.37. The fourth-order valence-corrected chi connectivity index (χ4v) is 2.95. The van der Waals surface area contributed by atoms with E-state index in [0.29, 0.717) is 22.4 Å². The van der Waals surface area contributed by atoms with Gasteiger partial charge < -0.3 is 29.8 Å². The van der Waals surface area contributed by atoms with Gasteiger partial charge in [0.15, 0.2) is 7.98 Å². The van der Waals surface area contributed by atoms with Crippen LogP contribution in [0.3, 0.4) is 0 Å². The van der Waals surface area contributed by atoms with E-state index in [1.807, 2.05) is 0 Å². The SMILES string of the molecule is [B]Nc1ncnc2c([C@H]3[C@H](O)[C@H](O)[C@@H](CO)N3[B])cn([B])c12. The summed E-state index contributed by atoms with van der Waals surface area (Å²) in [5.74, 6) is 0.314. The first-order valence-corrected chi connectivity index (χ1v) is 6.59. The Labute approximate surface area is 130 Å². The molecule has 0 spiro atoms. The van der Waals surface area contributed by atoms with E-state index in [1.54, 1.807) is 0 Å². The molecule has 6 radical (unpaired) electrons. The zero-order valence-electron chi connectivity index (χ0n) is 11.5. The smallest absolute Gasteiger partial charge is 0.234 e. The maximum atomic E-state index is 10.3. The van der Waals surface area contributed by atoms with Crippen molar-refractivity contribution in [3.8, 4) is 0 Å². The number of hydrogen-bond donors (Lipinski definition) is 4. The van der Waals surface area contributed by atoms with Gasteiger partial charge in [-0.05, 0) is 6.20 Å². The topological polar surface area (TPSA) is 107 Å². The van der Waals surface area contributed by atoms with Crippen molar-refractivity contribution in [3.63, 3.8) is 0 Å². The van der Waals surface area contributed by atoms with Gasteiger partial charge >= 0.3 is 0 Å². The number of anilines is 1. The molecule has 4 N–H and O–H groups in total. The van der Waals surface area contributed by atoms with Crippen LogP contribution in [-0.2, 0) is 0 Å². The fraction of sp³-hybridized carbons (Fsp3) is 0.455. The predicted molar refractivity (Wildman–Crippen MR) is 81.3 cm³/mol. The van der Waals surface area contributed by atoms with Crippen molar-refractivity contribution in [1.82, 2.24) is 19.3 Å². The molecular formula is C11H12B3N5O3. The van der Waals surface area contributed by atoms with E-state index in [-0.39, 0.29) is 0 Å². The van der Waals surface area contributed by atoms with Crippen LogP contribution in [0.4, 0.5) is 5.82 Å². The molecule has 0 aliphatic carbocycles. The van der Waals surface area contributed by atoms with Gasteiger partial charge in [0.1, 0.15) is 18.2 Å². The number of aliphatic hydroxyl groups excluding tert-OH is 3. The lowest BCUT2D eigenvalue weighted by molar-refractivity contribution is 0.0191. The second kappa shape index (κ2) is 5.58. The quantitative estimate of drug-likeness (QED) is 0.459. The predicted octanol–water partition coefficient (Wildman–Crippen LogP) is -2.62. The first kappa shape index (κ1) is 15.4. The third kappa shape index (κ3) is 2.04. The van der Waals surface area contributed by atoms with Gasteiger partial charge in [-0.3, -0.25) is 0 Å². The van der Waals surface area contributed by atoms with E-state index in [2.05, 4.69) is 15.2 Å². The Morgan fingerprint density at radius 1 is 1.23 bits per heavy atom. The number of nitrogens with zero attached hydrogens (tertiary/aromatic N) is 4. The molecule has 0 aromatic carbocycles. The van der Waals surface area contributed by atoms with Gasteiger partial charge in [-0.2, -0.15) is 0 Å². The van der Waals surface area contributed by atoms with Crippen molar-refractivity contribution in [2.45, 2.75) is 24.3 Å². The Bertz CT molecular complexity index is 699. The normalized spacial score (nSPS) is 29.2. The third-order valence-electron chi connectivity index (χ3n) is 4.05. The third-order valence-corrected chi connectivity index (χ3v) is 4.05. The molecule has 1 aliphatic rings. The number of aromatic nitrogens is 3. The van der Waals surface area contributed by atoms with Crippen molar-refractivity contribution < 1.29 is 15.3 Å². The maximum absolute atomic E-state index is 10.3. The van der Waals surface area contributed by atoms with E-state index in [4.69, 9.17) is 23.9 Å². The van der Waals surface area contributed by atoms with Gasteiger partial charge in [-0.25, -0.2) is 9.97 Å². The molecule has 2 aromatic rings. The Morgan fingerprint density at radius 3 is 2.55 bits per heavy atom. The summed E-state index contributed by atoms with van der Waals surface area (Å²) in [4.78, 5) is 9.33. The summed E-state index contributed by atoms with van der Waals surface area (Å²) in [7, 11) is 17.2. The molecule has 22 heavy (non-hydrogen) atoms. The van der Waals surface area contributed by atoms with Crippen molar-refractivity contribution in [1.29, 1.82) is 0 Å². The van der Waals surface area contributed by atoms with Crippen LogP contribution >= 0.6 is 0 Å². The minimum Gasteiger partial charge on any atom is -0.421 e. The number of aliphatic hydroxyl groups is 3. The van der Waals surface area contributed by atoms with Crippen LogP contribution in [0.1, 0.15) is 11.6 Å². The second-order valence-corrected chi connectivity index (χ2v) is 5.18. The van der Waals surface area contributed by atoms with Crippen LogP contribution in [0.25, 0.3) is 11.0 Å². The zero-order valence-corrected chi connectivity index (χ0v) is 11.5. The zero-order chi connectivity index (χ0) is 16.0. The lowest BCUT2D eigenvalue weighted by Gasteiger charge is -2.25. The van der Waals surface area contributed by atoms with Crippen LogP contribution in [0.2, 0.25) is 0 Å². The highest BCUT2D eigenvalue weighted by Crippen LogP contribution is 2.38. The first-order chi connectivity index (χ1) is 10.5. The fourth-order valence-electron chi connectivity index (χ4n) is 2.95. The van der Waals surface area contributed by atoms with Crippen molar-refractivity contribution in [2.24, 2.45) is 0 Å². The molecule has 1 saturated heterocycles. The summed E-state index contributed by atoms with van der Waals surface area (Å²) in [5, 5.41) is 32.0. The van der Waals surface area contributed by atoms with Crippen LogP contribution in [0.15, 0.2) is 12.5 Å². The first-order valence-electron chi connectivity index (χ1n) is 6.59. The largest absolute Gasteiger partial charge is 0.421 e. The van der Waals surface area contributed by atoms with Crippen molar-refractivity contribution >= 4 is 40.8 Å². The number of rotatable bonds is 3. The van der Waals surface area contributed by atoms with Crippen LogP contribution < -0.4 is 5.23 Å². The van der Waals surface area contributed by atoms with E-state index in [1.165, 1.54) is 21.8 Å². The summed E-state index contributed by atoms with van der Waals surface area (Å²) < 4.78 is 1.26. The molecule has 1 fully saturated rings. The highest BCUT2D eigenvalue weighted by Gasteiger charge is 2.46. The molecule has 11 heteroatoms. The number of nitrogens with one attached hydrogen (secondary N) is 1. The summed E-state index contributed by atoms with van der Waals surface area (Å²) in [6, 6.07) is -1.56. The minimum atomic E-state index is -1.20. The van der Waals surface area contributed by atoms with Crippen LogP contribution in [0.5, 0.6) is 0 Å². The van der Waals surface area contributed by atoms with E-state index < -0.39 is 30.9 Å². The highest BCUT2D eigenvalue weighted by molar-refractivity contribution is 6.20. The lowest BCUT2D eigenvalue weighted by Crippen LogP contribution is -2.37. The maximum Gasteiger partial charge on any atom is 0.234 e. The average Bonchev–Trinajstić information content (AvgIpc) is 2.95. The monoisotopic (exact) mass is 295 g/mol. The minimum absolute atomic E-state index is 0.314. The number of hydrogen-bond acceptors (Lipinski definition) is 7. The van der Waals surface area contributed by atoms with Gasteiger partial charge in [-0.1, -0.05) is 0 Å². The summed E-state index contributed by atoms with van der Waals surface area (Å²) in [6.45, 7) is -0.392. The summed E-state index contributed by atoms with van der Waals surface area (Å²) in [6.07, 6.45) is 0.436. The van der Waals surface area contributed by atoms with Gasteiger partial charge in [0.2, 0.25) is 16.0 Å². The Hall–Kier alpha value is -1.55. The van der Waals surface area contributed by atoms with Crippen LogP contribution in [-0.4, -0.2) is 83.4 Å². The standard InChI is InChI=1S/C11H12B3N5O3/c12-17-11-8-6(15-3-16-11)4(1-18(8)13)7-10(22)9(21)5(2-20)19(7)14/h1,3,5,7,9-10,20-22H,2H2,(H,15,16,17)/t5-,7+,9-,10+/m1/s1. The van der Waals surface area contributed by atoms with Gasteiger partial charge in [0.05, 0.1) is 35.8 Å². The molecule has 0 saturated carbocycles. The van der Waals surface area contributed by atoms with Gasteiger partial charge in [-0.15, -0.1) is 0 Å². The molecule has 0 unspecified atom stereocenters.